The maximum absolute atomic E-state index is 14.1. The van der Waals surface area contributed by atoms with Crippen molar-refractivity contribution >= 4 is 17.5 Å². The molecule has 2 rings (SSSR count). The maximum Gasteiger partial charge on any atom is 0.225 e. The number of hydrogen-bond acceptors (Lipinski definition) is 3. The van der Waals surface area contributed by atoms with E-state index in [-0.39, 0.29) is 23.5 Å². The van der Waals surface area contributed by atoms with Gasteiger partial charge in [0, 0.05) is 39.6 Å². The fourth-order valence-corrected chi connectivity index (χ4v) is 3.12. The molecule has 1 saturated heterocycles. The number of benzene rings is 1. The molecule has 1 aliphatic heterocycles. The fourth-order valence-electron chi connectivity index (χ4n) is 3.12. The lowest BCUT2D eigenvalue weighted by Crippen LogP contribution is -2.45. The van der Waals surface area contributed by atoms with Crippen molar-refractivity contribution in [2.75, 3.05) is 31.6 Å². The average molecular weight is 349 g/mol. The minimum Gasteiger partial charge on any atom is -0.373 e. The van der Waals surface area contributed by atoms with Gasteiger partial charge in [0.05, 0.1) is 11.6 Å². The van der Waals surface area contributed by atoms with Gasteiger partial charge in [-0.05, 0) is 37.5 Å². The van der Waals surface area contributed by atoms with Crippen molar-refractivity contribution in [3.05, 3.63) is 29.6 Å². The van der Waals surface area contributed by atoms with E-state index in [2.05, 4.69) is 5.32 Å². The minimum atomic E-state index is -0.284. The second-order valence-electron chi connectivity index (χ2n) is 6.55. The van der Waals surface area contributed by atoms with E-state index in [9.17, 15) is 14.0 Å². The minimum absolute atomic E-state index is 0.0660. The Hall–Kier alpha value is -2.11. The first-order valence-electron chi connectivity index (χ1n) is 9.01. The highest BCUT2D eigenvalue weighted by molar-refractivity contribution is 5.81. The van der Waals surface area contributed by atoms with Gasteiger partial charge in [0.1, 0.15) is 5.82 Å². The van der Waals surface area contributed by atoms with E-state index in [4.69, 9.17) is 0 Å². The molecule has 25 heavy (non-hydrogen) atoms. The van der Waals surface area contributed by atoms with E-state index in [1.165, 1.54) is 6.07 Å². The highest BCUT2D eigenvalue weighted by atomic mass is 19.1. The zero-order valence-corrected chi connectivity index (χ0v) is 15.3. The number of rotatable bonds is 6. The molecule has 0 aromatic heterocycles. The summed E-state index contributed by atoms with van der Waals surface area (Å²) in [5.74, 6) is -0.438. The molecule has 0 radical (unpaired) electrons. The number of carbonyl (C=O) groups is 2. The molecule has 5 nitrogen and oxygen atoms in total. The molecule has 2 amide bonds. The first kappa shape index (κ1) is 19.2. The van der Waals surface area contributed by atoms with Crippen LogP contribution in [-0.2, 0) is 16.1 Å². The van der Waals surface area contributed by atoms with Crippen molar-refractivity contribution in [3.63, 3.8) is 0 Å². The molecule has 1 aliphatic rings. The number of anilines is 1. The van der Waals surface area contributed by atoms with Crippen LogP contribution in [0.5, 0.6) is 0 Å². The van der Waals surface area contributed by atoms with Crippen molar-refractivity contribution in [1.82, 2.24) is 10.2 Å². The molecule has 6 heteroatoms. The SMILES string of the molecule is CCC(=O)N1CCC[C@H](C(=O)NCc2ccc(N(C)CC)c(F)c2)C1. The van der Waals surface area contributed by atoms with E-state index in [0.29, 0.717) is 25.2 Å². The summed E-state index contributed by atoms with van der Waals surface area (Å²) in [6.07, 6.45) is 2.09. The molecule has 0 spiro atoms. The van der Waals surface area contributed by atoms with Gasteiger partial charge in [-0.3, -0.25) is 9.59 Å². The summed E-state index contributed by atoms with van der Waals surface area (Å²) in [4.78, 5) is 27.8. The zero-order chi connectivity index (χ0) is 18.4. The third-order valence-electron chi connectivity index (χ3n) is 4.81. The molecule has 1 N–H and O–H groups in total. The molecule has 1 aromatic carbocycles. The van der Waals surface area contributed by atoms with E-state index >= 15 is 0 Å². The Balaban J connectivity index is 1.91. The second-order valence-corrected chi connectivity index (χ2v) is 6.55. The Bertz CT molecular complexity index is 621. The van der Waals surface area contributed by atoms with Crippen LogP contribution in [0.3, 0.4) is 0 Å². The normalized spacial score (nSPS) is 17.3. The highest BCUT2D eigenvalue weighted by Crippen LogP contribution is 2.20. The van der Waals surface area contributed by atoms with E-state index < -0.39 is 0 Å². The first-order valence-corrected chi connectivity index (χ1v) is 9.01. The van der Waals surface area contributed by atoms with Crippen molar-refractivity contribution in [3.8, 4) is 0 Å². The number of likely N-dealkylation sites (tertiary alicyclic amines) is 1. The van der Waals surface area contributed by atoms with Crippen molar-refractivity contribution in [2.45, 2.75) is 39.7 Å². The quantitative estimate of drug-likeness (QED) is 0.859. The molecule has 138 valence electrons. The molecule has 0 saturated carbocycles. The molecule has 1 heterocycles. The van der Waals surface area contributed by atoms with Gasteiger partial charge < -0.3 is 15.1 Å². The Morgan fingerprint density at radius 1 is 1.36 bits per heavy atom. The Morgan fingerprint density at radius 2 is 2.12 bits per heavy atom. The molecular formula is C19H28FN3O2. The number of amides is 2. The molecule has 0 aliphatic carbocycles. The predicted octanol–water partition coefficient (Wildman–Crippen LogP) is 2.55. The third kappa shape index (κ3) is 4.94. The van der Waals surface area contributed by atoms with E-state index in [1.54, 1.807) is 11.0 Å². The van der Waals surface area contributed by atoms with Gasteiger partial charge in [-0.25, -0.2) is 4.39 Å². The second kappa shape index (κ2) is 8.83. The van der Waals surface area contributed by atoms with Crippen LogP contribution in [0.4, 0.5) is 10.1 Å². The maximum atomic E-state index is 14.1. The molecule has 0 bridgehead atoms. The number of nitrogens with one attached hydrogen (secondary N) is 1. The Labute approximate surface area is 149 Å². The van der Waals surface area contributed by atoms with Gasteiger partial charge in [-0.2, -0.15) is 0 Å². The predicted molar refractivity (Wildman–Crippen MR) is 96.8 cm³/mol. The van der Waals surface area contributed by atoms with Crippen LogP contribution in [0, 0.1) is 11.7 Å². The smallest absolute Gasteiger partial charge is 0.225 e. The number of piperidine rings is 1. The van der Waals surface area contributed by atoms with E-state index in [1.807, 2.05) is 31.9 Å². The Kier molecular flexibility index (Phi) is 6.79. The summed E-state index contributed by atoms with van der Waals surface area (Å²) in [6.45, 7) is 6.03. The largest absolute Gasteiger partial charge is 0.373 e. The van der Waals surface area contributed by atoms with E-state index in [0.717, 1.165) is 31.5 Å². The lowest BCUT2D eigenvalue weighted by Gasteiger charge is -2.32. The summed E-state index contributed by atoms with van der Waals surface area (Å²) in [5.41, 5.74) is 1.29. The van der Waals surface area contributed by atoms with Crippen LogP contribution >= 0.6 is 0 Å². The van der Waals surface area contributed by atoms with Crippen molar-refractivity contribution in [1.29, 1.82) is 0 Å². The molecule has 1 fully saturated rings. The summed E-state index contributed by atoms with van der Waals surface area (Å²) < 4.78 is 14.1. The lowest BCUT2D eigenvalue weighted by molar-refractivity contribution is -0.135. The monoisotopic (exact) mass is 349 g/mol. The molecular weight excluding hydrogens is 321 g/mol. The lowest BCUT2D eigenvalue weighted by atomic mass is 9.96. The Morgan fingerprint density at radius 3 is 2.76 bits per heavy atom. The number of nitrogens with zero attached hydrogens (tertiary/aromatic N) is 2. The van der Waals surface area contributed by atoms with Crippen LogP contribution in [-0.4, -0.2) is 43.4 Å². The standard InChI is InChI=1S/C19H28FN3O2/c1-4-18(24)23-10-6-7-15(13-23)19(25)21-12-14-8-9-17(16(20)11-14)22(3)5-2/h8-9,11,15H,4-7,10,12-13H2,1-3H3,(H,21,25)/t15-/m0/s1. The van der Waals surface area contributed by atoms with Gasteiger partial charge in [0.2, 0.25) is 11.8 Å². The van der Waals surface area contributed by atoms with Crippen LogP contribution < -0.4 is 10.2 Å². The van der Waals surface area contributed by atoms with Crippen LogP contribution in [0.15, 0.2) is 18.2 Å². The highest BCUT2D eigenvalue weighted by Gasteiger charge is 2.27. The number of hydrogen-bond donors (Lipinski definition) is 1. The van der Waals surface area contributed by atoms with Crippen molar-refractivity contribution in [2.24, 2.45) is 5.92 Å². The molecule has 0 unspecified atom stereocenters. The molecule has 1 aromatic rings. The van der Waals surface area contributed by atoms with Crippen LogP contribution in [0.2, 0.25) is 0 Å². The van der Waals surface area contributed by atoms with Gasteiger partial charge in [0.15, 0.2) is 0 Å². The summed E-state index contributed by atoms with van der Waals surface area (Å²) >= 11 is 0. The van der Waals surface area contributed by atoms with Gasteiger partial charge >= 0.3 is 0 Å². The molecule has 1 atom stereocenters. The first-order chi connectivity index (χ1) is 12.0. The number of carbonyl (C=O) groups excluding carboxylic acids is 2. The van der Waals surface area contributed by atoms with Gasteiger partial charge in [0.25, 0.3) is 0 Å². The van der Waals surface area contributed by atoms with Crippen molar-refractivity contribution < 1.29 is 14.0 Å². The summed E-state index contributed by atoms with van der Waals surface area (Å²) in [5, 5.41) is 2.88. The fraction of sp³-hybridized carbons (Fsp3) is 0.579. The van der Waals surface area contributed by atoms with Gasteiger partial charge in [-0.1, -0.05) is 13.0 Å². The summed E-state index contributed by atoms with van der Waals surface area (Å²) in [6, 6.07) is 5.04. The third-order valence-corrected chi connectivity index (χ3v) is 4.81. The van der Waals surface area contributed by atoms with Gasteiger partial charge in [-0.15, -0.1) is 0 Å². The summed E-state index contributed by atoms with van der Waals surface area (Å²) in [7, 11) is 1.84. The topological polar surface area (TPSA) is 52.7 Å². The number of halogens is 1. The average Bonchev–Trinajstić information content (AvgIpc) is 2.64. The zero-order valence-electron chi connectivity index (χ0n) is 15.3. The van der Waals surface area contributed by atoms with Crippen LogP contribution in [0.1, 0.15) is 38.7 Å². The van der Waals surface area contributed by atoms with Crippen LogP contribution in [0.25, 0.3) is 0 Å².